The minimum Gasteiger partial charge on any atom is -0.253 e. The maximum Gasteiger partial charge on any atom is 0.143 e. The summed E-state index contributed by atoms with van der Waals surface area (Å²) in [5.74, 6) is -0.459. The van der Waals surface area contributed by atoms with Crippen LogP contribution < -0.4 is 0 Å². The minimum absolute atomic E-state index is 0.102. The first kappa shape index (κ1) is 11.2. The summed E-state index contributed by atoms with van der Waals surface area (Å²) in [4.78, 5) is 4.26. The standard InChI is InChI=1S/C13H9ClFN3/c1-8-13-12(3-2-6-16-13)18(17-8)9-4-5-10(14)11(15)7-9/h2-7H,1H3. The van der Waals surface area contributed by atoms with Gasteiger partial charge in [-0.1, -0.05) is 11.6 Å². The number of nitrogens with zero attached hydrogens (tertiary/aromatic N) is 3. The van der Waals surface area contributed by atoms with Gasteiger partial charge in [0.15, 0.2) is 0 Å². The predicted octanol–water partition coefficient (Wildman–Crippen LogP) is 3.52. The van der Waals surface area contributed by atoms with E-state index in [-0.39, 0.29) is 5.02 Å². The smallest absolute Gasteiger partial charge is 0.143 e. The lowest BCUT2D eigenvalue weighted by Crippen LogP contribution is -1.97. The van der Waals surface area contributed by atoms with E-state index in [2.05, 4.69) is 10.1 Å². The monoisotopic (exact) mass is 261 g/mol. The largest absolute Gasteiger partial charge is 0.253 e. The Labute approximate surface area is 108 Å². The van der Waals surface area contributed by atoms with E-state index in [1.807, 2.05) is 19.1 Å². The van der Waals surface area contributed by atoms with Crippen LogP contribution in [0.3, 0.4) is 0 Å². The summed E-state index contributed by atoms with van der Waals surface area (Å²) in [5.41, 5.74) is 3.09. The van der Waals surface area contributed by atoms with Crippen molar-refractivity contribution in [3.05, 3.63) is 53.1 Å². The van der Waals surface area contributed by atoms with Gasteiger partial charge >= 0.3 is 0 Å². The molecule has 0 radical (unpaired) electrons. The third kappa shape index (κ3) is 1.66. The molecule has 0 amide bonds. The van der Waals surface area contributed by atoms with Gasteiger partial charge in [0, 0.05) is 12.3 Å². The molecule has 0 saturated heterocycles. The maximum atomic E-state index is 13.5. The molecule has 0 aliphatic rings. The topological polar surface area (TPSA) is 30.7 Å². The Morgan fingerprint density at radius 3 is 2.89 bits per heavy atom. The highest BCUT2D eigenvalue weighted by Crippen LogP contribution is 2.22. The molecule has 2 heterocycles. The van der Waals surface area contributed by atoms with Crippen molar-refractivity contribution < 1.29 is 4.39 Å². The number of hydrogen-bond donors (Lipinski definition) is 0. The lowest BCUT2D eigenvalue weighted by atomic mass is 10.3. The van der Waals surface area contributed by atoms with E-state index in [1.165, 1.54) is 12.1 Å². The van der Waals surface area contributed by atoms with Crippen LogP contribution in [0.25, 0.3) is 16.7 Å². The van der Waals surface area contributed by atoms with E-state index >= 15 is 0 Å². The third-order valence-corrected chi connectivity index (χ3v) is 3.06. The zero-order valence-electron chi connectivity index (χ0n) is 9.56. The van der Waals surface area contributed by atoms with Crippen LogP contribution in [0.5, 0.6) is 0 Å². The Morgan fingerprint density at radius 2 is 2.11 bits per heavy atom. The molecule has 0 N–H and O–H groups in total. The summed E-state index contributed by atoms with van der Waals surface area (Å²) in [6, 6.07) is 8.33. The van der Waals surface area contributed by atoms with Crippen LogP contribution in [0, 0.1) is 12.7 Å². The van der Waals surface area contributed by atoms with Crippen molar-refractivity contribution in [2.45, 2.75) is 6.92 Å². The Balaban J connectivity index is 2.28. The summed E-state index contributed by atoms with van der Waals surface area (Å²) >= 11 is 5.67. The van der Waals surface area contributed by atoms with E-state index in [1.54, 1.807) is 16.9 Å². The number of aromatic nitrogens is 3. The molecule has 0 atom stereocenters. The van der Waals surface area contributed by atoms with Gasteiger partial charge in [-0.15, -0.1) is 0 Å². The fourth-order valence-electron chi connectivity index (χ4n) is 1.91. The van der Waals surface area contributed by atoms with Gasteiger partial charge in [0.05, 0.1) is 21.9 Å². The van der Waals surface area contributed by atoms with Crippen LogP contribution >= 0.6 is 11.6 Å². The second kappa shape index (κ2) is 4.07. The second-order valence-corrected chi connectivity index (χ2v) is 4.37. The van der Waals surface area contributed by atoms with Gasteiger partial charge < -0.3 is 0 Å². The molecule has 3 nitrogen and oxygen atoms in total. The molecule has 0 saturated carbocycles. The lowest BCUT2D eigenvalue weighted by molar-refractivity contribution is 0.626. The van der Waals surface area contributed by atoms with Crippen molar-refractivity contribution in [2.75, 3.05) is 0 Å². The van der Waals surface area contributed by atoms with Gasteiger partial charge in [0.2, 0.25) is 0 Å². The van der Waals surface area contributed by atoms with E-state index in [9.17, 15) is 4.39 Å². The Hall–Kier alpha value is -1.94. The van der Waals surface area contributed by atoms with Crippen molar-refractivity contribution >= 4 is 22.6 Å². The van der Waals surface area contributed by atoms with Crippen LogP contribution in [-0.4, -0.2) is 14.8 Å². The molecule has 0 bridgehead atoms. The Morgan fingerprint density at radius 1 is 1.28 bits per heavy atom. The van der Waals surface area contributed by atoms with Crippen LogP contribution in [0.2, 0.25) is 5.02 Å². The number of rotatable bonds is 1. The third-order valence-electron chi connectivity index (χ3n) is 2.76. The van der Waals surface area contributed by atoms with Crippen LogP contribution in [0.1, 0.15) is 5.69 Å². The van der Waals surface area contributed by atoms with E-state index in [0.717, 1.165) is 16.7 Å². The molecule has 0 unspecified atom stereocenters. The van der Waals surface area contributed by atoms with Gasteiger partial charge in [-0.25, -0.2) is 9.07 Å². The van der Waals surface area contributed by atoms with Crippen molar-refractivity contribution in [1.82, 2.24) is 14.8 Å². The van der Waals surface area contributed by atoms with Crippen LogP contribution in [0.15, 0.2) is 36.5 Å². The van der Waals surface area contributed by atoms with Gasteiger partial charge in [0.25, 0.3) is 0 Å². The molecule has 3 rings (SSSR count). The highest BCUT2D eigenvalue weighted by atomic mass is 35.5. The number of fused-ring (bicyclic) bond motifs is 1. The number of aryl methyl sites for hydroxylation is 1. The molecule has 0 fully saturated rings. The maximum absolute atomic E-state index is 13.5. The quantitative estimate of drug-likeness (QED) is 0.671. The minimum atomic E-state index is -0.459. The molecule has 90 valence electrons. The molecule has 0 aliphatic carbocycles. The summed E-state index contributed by atoms with van der Waals surface area (Å²) in [5, 5.41) is 4.48. The zero-order valence-corrected chi connectivity index (χ0v) is 10.3. The number of benzene rings is 1. The molecule has 5 heteroatoms. The first-order chi connectivity index (χ1) is 8.66. The summed E-state index contributed by atoms with van der Waals surface area (Å²) < 4.78 is 15.1. The van der Waals surface area contributed by atoms with E-state index in [0.29, 0.717) is 5.69 Å². The Kier molecular flexibility index (Phi) is 2.52. The zero-order chi connectivity index (χ0) is 12.7. The van der Waals surface area contributed by atoms with Gasteiger partial charge in [-0.2, -0.15) is 5.10 Å². The normalized spacial score (nSPS) is 11.1. The fourth-order valence-corrected chi connectivity index (χ4v) is 2.03. The number of pyridine rings is 1. The van der Waals surface area contributed by atoms with Gasteiger partial charge in [0.1, 0.15) is 11.3 Å². The SMILES string of the molecule is Cc1nn(-c2ccc(Cl)c(F)c2)c2cccnc12. The van der Waals surface area contributed by atoms with Crippen molar-refractivity contribution in [3.8, 4) is 5.69 Å². The molecule has 0 aliphatic heterocycles. The fraction of sp³-hybridized carbons (Fsp3) is 0.0769. The van der Waals surface area contributed by atoms with E-state index in [4.69, 9.17) is 11.6 Å². The first-order valence-electron chi connectivity index (χ1n) is 5.42. The predicted molar refractivity (Wildman–Crippen MR) is 68.6 cm³/mol. The van der Waals surface area contributed by atoms with Crippen LogP contribution in [0.4, 0.5) is 4.39 Å². The highest BCUT2D eigenvalue weighted by Gasteiger charge is 2.10. The molecule has 3 aromatic rings. The summed E-state index contributed by atoms with van der Waals surface area (Å²) in [7, 11) is 0. The van der Waals surface area contributed by atoms with Gasteiger partial charge in [-0.3, -0.25) is 4.98 Å². The van der Waals surface area contributed by atoms with Crippen molar-refractivity contribution in [3.63, 3.8) is 0 Å². The lowest BCUT2D eigenvalue weighted by Gasteiger charge is -2.03. The molecule has 2 aromatic heterocycles. The van der Waals surface area contributed by atoms with Gasteiger partial charge in [-0.05, 0) is 31.2 Å². The molecule has 18 heavy (non-hydrogen) atoms. The molecule has 0 spiro atoms. The molecular formula is C13H9ClFN3. The van der Waals surface area contributed by atoms with Crippen LogP contribution in [-0.2, 0) is 0 Å². The highest BCUT2D eigenvalue weighted by molar-refractivity contribution is 6.30. The average molecular weight is 262 g/mol. The summed E-state index contributed by atoms with van der Waals surface area (Å²) in [6.07, 6.45) is 1.71. The molecular weight excluding hydrogens is 253 g/mol. The van der Waals surface area contributed by atoms with E-state index < -0.39 is 5.82 Å². The molecule has 1 aromatic carbocycles. The number of hydrogen-bond acceptors (Lipinski definition) is 2. The van der Waals surface area contributed by atoms with Crippen molar-refractivity contribution in [2.24, 2.45) is 0 Å². The first-order valence-corrected chi connectivity index (χ1v) is 5.80. The second-order valence-electron chi connectivity index (χ2n) is 3.97. The van der Waals surface area contributed by atoms with Crippen molar-refractivity contribution in [1.29, 1.82) is 0 Å². The average Bonchev–Trinajstić information content (AvgIpc) is 2.71. The summed E-state index contributed by atoms with van der Waals surface area (Å²) in [6.45, 7) is 1.87. The Bertz CT molecular complexity index is 736. The number of halogens is 2.